The van der Waals surface area contributed by atoms with Crippen LogP contribution in [-0.4, -0.2) is 20.0 Å². The summed E-state index contributed by atoms with van der Waals surface area (Å²) in [5.74, 6) is 0.969. The predicted molar refractivity (Wildman–Crippen MR) is 116 cm³/mol. The Hall–Kier alpha value is -2.63. The Morgan fingerprint density at radius 1 is 0.862 bits per heavy atom. The van der Waals surface area contributed by atoms with Gasteiger partial charge in [0, 0.05) is 26.6 Å². The van der Waals surface area contributed by atoms with E-state index in [2.05, 4.69) is 10.2 Å². The number of rotatable bonds is 3. The van der Waals surface area contributed by atoms with Crippen molar-refractivity contribution >= 4 is 23.2 Å². The first kappa shape index (κ1) is 19.7. The van der Waals surface area contributed by atoms with Gasteiger partial charge < -0.3 is 4.42 Å². The van der Waals surface area contributed by atoms with E-state index in [1.54, 1.807) is 0 Å². The molecular formula is C22H20Cl2N4O. The minimum Gasteiger partial charge on any atom is -0.419 e. The molecule has 0 N–H and O–H groups in total. The van der Waals surface area contributed by atoms with E-state index >= 15 is 0 Å². The third-order valence-electron chi connectivity index (χ3n) is 4.58. The third kappa shape index (κ3) is 3.80. The van der Waals surface area contributed by atoms with Gasteiger partial charge >= 0.3 is 0 Å². The van der Waals surface area contributed by atoms with Gasteiger partial charge in [-0.1, -0.05) is 56.1 Å². The molecule has 4 rings (SSSR count). The molecule has 5 nitrogen and oxygen atoms in total. The second-order valence-electron chi connectivity index (χ2n) is 7.88. The molecule has 0 aliphatic heterocycles. The summed E-state index contributed by atoms with van der Waals surface area (Å²) in [4.78, 5) is 0. The van der Waals surface area contributed by atoms with E-state index in [1.165, 1.54) is 0 Å². The molecule has 4 aromatic rings. The predicted octanol–water partition coefficient (Wildman–Crippen LogP) is 6.50. The Morgan fingerprint density at radius 3 is 2.00 bits per heavy atom. The van der Waals surface area contributed by atoms with Crippen molar-refractivity contribution in [3.05, 3.63) is 70.0 Å². The van der Waals surface area contributed by atoms with E-state index in [4.69, 9.17) is 32.7 Å². The number of benzene rings is 2. The van der Waals surface area contributed by atoms with Crippen LogP contribution in [0.3, 0.4) is 0 Å². The van der Waals surface area contributed by atoms with E-state index in [-0.39, 0.29) is 5.41 Å². The summed E-state index contributed by atoms with van der Waals surface area (Å²) in [5.41, 5.74) is 4.13. The number of aromatic nitrogens is 4. The first-order chi connectivity index (χ1) is 13.7. The van der Waals surface area contributed by atoms with Crippen molar-refractivity contribution in [3.8, 4) is 28.5 Å². The molecule has 0 radical (unpaired) electrons. The minimum atomic E-state index is -0.239. The highest BCUT2D eigenvalue weighted by Crippen LogP contribution is 2.35. The summed E-state index contributed by atoms with van der Waals surface area (Å²) >= 11 is 12.2. The summed E-state index contributed by atoms with van der Waals surface area (Å²) in [6.07, 6.45) is 0. The van der Waals surface area contributed by atoms with Crippen molar-refractivity contribution in [3.63, 3.8) is 0 Å². The molecule has 0 saturated heterocycles. The normalized spacial score (nSPS) is 11.8. The molecule has 0 aliphatic carbocycles. The maximum Gasteiger partial charge on any atom is 0.268 e. The molecule has 7 heteroatoms. The van der Waals surface area contributed by atoms with Crippen molar-refractivity contribution in [2.24, 2.45) is 0 Å². The largest absolute Gasteiger partial charge is 0.419 e. The van der Waals surface area contributed by atoms with Crippen LogP contribution < -0.4 is 0 Å². The second-order valence-corrected chi connectivity index (χ2v) is 8.75. The highest BCUT2D eigenvalue weighted by atomic mass is 35.5. The van der Waals surface area contributed by atoms with Gasteiger partial charge in [0.1, 0.15) is 0 Å². The average Bonchev–Trinajstić information content (AvgIpc) is 3.28. The summed E-state index contributed by atoms with van der Waals surface area (Å²) in [6.45, 7) is 8.09. The first-order valence-electron chi connectivity index (χ1n) is 9.20. The van der Waals surface area contributed by atoms with Crippen LogP contribution in [-0.2, 0) is 5.41 Å². The maximum absolute atomic E-state index is 6.09. The van der Waals surface area contributed by atoms with Crippen molar-refractivity contribution in [1.82, 2.24) is 20.0 Å². The van der Waals surface area contributed by atoms with Gasteiger partial charge in [-0.2, -0.15) is 5.10 Å². The number of halogens is 2. The lowest BCUT2D eigenvalue weighted by Gasteiger charge is -2.10. The van der Waals surface area contributed by atoms with E-state index in [0.717, 1.165) is 22.5 Å². The fourth-order valence-corrected chi connectivity index (χ4v) is 3.29. The quantitative estimate of drug-likeness (QED) is 0.374. The first-order valence-corrected chi connectivity index (χ1v) is 9.95. The number of hydrogen-bond acceptors (Lipinski definition) is 4. The molecule has 2 heterocycles. The Morgan fingerprint density at radius 2 is 1.45 bits per heavy atom. The molecule has 2 aromatic carbocycles. The van der Waals surface area contributed by atoms with E-state index in [9.17, 15) is 0 Å². The average molecular weight is 427 g/mol. The molecule has 0 amide bonds. The topological polar surface area (TPSA) is 56.7 Å². The number of hydrogen-bond donors (Lipinski definition) is 0. The van der Waals surface area contributed by atoms with Crippen LogP contribution in [0.4, 0.5) is 0 Å². The Bertz CT molecular complexity index is 1150. The van der Waals surface area contributed by atoms with Crippen molar-refractivity contribution in [1.29, 1.82) is 0 Å². The standard InChI is InChI=1S/C22H20Cl2N4O/c1-13-18(20-25-26-21(29-20)22(2,3)4)27-28(17-11-9-16(24)10-12-17)19(13)14-5-7-15(23)8-6-14/h5-12H,1-4H3. The molecule has 148 valence electrons. The Kier molecular flexibility index (Phi) is 4.97. The van der Waals surface area contributed by atoms with Crippen LogP contribution in [0, 0.1) is 6.92 Å². The van der Waals surface area contributed by atoms with E-state index in [0.29, 0.717) is 27.5 Å². The Balaban J connectivity index is 1.92. The molecule has 0 spiro atoms. The van der Waals surface area contributed by atoms with Gasteiger partial charge in [0.05, 0.1) is 11.4 Å². The van der Waals surface area contributed by atoms with Crippen LogP contribution in [0.2, 0.25) is 10.0 Å². The number of nitrogens with zero attached hydrogens (tertiary/aromatic N) is 4. The van der Waals surface area contributed by atoms with Crippen molar-refractivity contribution in [2.45, 2.75) is 33.1 Å². The lowest BCUT2D eigenvalue weighted by Crippen LogP contribution is -2.11. The van der Waals surface area contributed by atoms with Crippen LogP contribution in [0.1, 0.15) is 32.2 Å². The zero-order valence-corrected chi connectivity index (χ0v) is 18.1. The fraction of sp³-hybridized carbons (Fsp3) is 0.227. The summed E-state index contributed by atoms with van der Waals surface area (Å²) in [5, 5.41) is 14.6. The van der Waals surface area contributed by atoms with Gasteiger partial charge in [-0.15, -0.1) is 10.2 Å². The summed E-state index contributed by atoms with van der Waals surface area (Å²) < 4.78 is 7.82. The SMILES string of the molecule is Cc1c(-c2nnc(C(C)(C)C)o2)nn(-c2ccc(Cl)cc2)c1-c1ccc(Cl)cc1. The molecule has 29 heavy (non-hydrogen) atoms. The van der Waals surface area contributed by atoms with Gasteiger partial charge in [0.15, 0.2) is 5.69 Å². The van der Waals surface area contributed by atoms with Crippen LogP contribution in [0.25, 0.3) is 28.5 Å². The minimum absolute atomic E-state index is 0.239. The molecule has 0 saturated carbocycles. The molecular weight excluding hydrogens is 407 g/mol. The van der Waals surface area contributed by atoms with Gasteiger partial charge in [0.25, 0.3) is 5.89 Å². The van der Waals surface area contributed by atoms with Crippen molar-refractivity contribution in [2.75, 3.05) is 0 Å². The smallest absolute Gasteiger partial charge is 0.268 e. The lowest BCUT2D eigenvalue weighted by molar-refractivity contribution is 0.398. The molecule has 0 fully saturated rings. The molecule has 0 aliphatic rings. The van der Waals surface area contributed by atoms with E-state index < -0.39 is 0 Å². The van der Waals surface area contributed by atoms with Crippen LogP contribution in [0.5, 0.6) is 0 Å². The maximum atomic E-state index is 6.09. The summed E-state index contributed by atoms with van der Waals surface area (Å²) in [7, 11) is 0. The van der Waals surface area contributed by atoms with Crippen LogP contribution >= 0.6 is 23.2 Å². The van der Waals surface area contributed by atoms with Gasteiger partial charge in [-0.3, -0.25) is 0 Å². The van der Waals surface area contributed by atoms with Gasteiger partial charge in [-0.25, -0.2) is 4.68 Å². The van der Waals surface area contributed by atoms with Gasteiger partial charge in [0.2, 0.25) is 5.89 Å². The molecule has 0 bridgehead atoms. The third-order valence-corrected chi connectivity index (χ3v) is 5.08. The van der Waals surface area contributed by atoms with E-state index in [1.807, 2.05) is 80.9 Å². The Labute approximate surface area is 179 Å². The zero-order valence-electron chi connectivity index (χ0n) is 16.6. The highest BCUT2D eigenvalue weighted by Gasteiger charge is 2.26. The van der Waals surface area contributed by atoms with Crippen molar-refractivity contribution < 1.29 is 4.42 Å². The van der Waals surface area contributed by atoms with Gasteiger partial charge in [-0.05, 0) is 43.3 Å². The molecule has 0 unspecified atom stereocenters. The second kappa shape index (κ2) is 7.32. The monoisotopic (exact) mass is 426 g/mol. The fourth-order valence-electron chi connectivity index (χ4n) is 3.04. The lowest BCUT2D eigenvalue weighted by atomic mass is 9.97. The van der Waals surface area contributed by atoms with Crippen LogP contribution in [0.15, 0.2) is 52.9 Å². The zero-order chi connectivity index (χ0) is 20.8. The highest BCUT2D eigenvalue weighted by molar-refractivity contribution is 6.30. The summed E-state index contributed by atoms with van der Waals surface area (Å²) in [6, 6.07) is 15.2. The molecule has 2 aromatic heterocycles. The molecule has 0 atom stereocenters.